The fourth-order valence-corrected chi connectivity index (χ4v) is 2.77. The second-order valence-electron chi connectivity index (χ2n) is 5.71. The number of hydrogen-bond donors (Lipinski definition) is 2. The maximum absolute atomic E-state index is 12.1. The van der Waals surface area contributed by atoms with Crippen molar-refractivity contribution in [2.24, 2.45) is 0 Å². The highest BCUT2D eigenvalue weighted by Crippen LogP contribution is 2.18. The Morgan fingerprint density at radius 1 is 1.30 bits per heavy atom. The summed E-state index contributed by atoms with van der Waals surface area (Å²) in [5, 5.41) is 3.16. The highest BCUT2D eigenvalue weighted by Gasteiger charge is 2.15. The van der Waals surface area contributed by atoms with Crippen molar-refractivity contribution in [1.29, 1.82) is 0 Å². The van der Waals surface area contributed by atoms with Gasteiger partial charge in [-0.3, -0.25) is 4.79 Å². The Morgan fingerprint density at radius 2 is 2.00 bits per heavy atom. The highest BCUT2D eigenvalue weighted by atomic mass is 16.2. The van der Waals surface area contributed by atoms with Crippen molar-refractivity contribution in [3.05, 3.63) is 24.3 Å². The van der Waals surface area contributed by atoms with Crippen molar-refractivity contribution in [1.82, 2.24) is 5.32 Å². The van der Waals surface area contributed by atoms with E-state index in [9.17, 15) is 4.79 Å². The number of carbonyl (C=O) groups excluding carboxylic acids is 1. The number of hydrogen-bond acceptors (Lipinski definition) is 3. The SMILES string of the molecule is CN(CC(=O)NC1CCCCCC1)c1cccc(N)c1. The lowest BCUT2D eigenvalue weighted by Crippen LogP contribution is -2.40. The molecule has 0 heterocycles. The third-order valence-corrected chi connectivity index (χ3v) is 3.91. The molecule has 0 atom stereocenters. The normalized spacial score (nSPS) is 16.4. The van der Waals surface area contributed by atoms with Gasteiger partial charge in [0.1, 0.15) is 0 Å². The minimum Gasteiger partial charge on any atom is -0.399 e. The lowest BCUT2D eigenvalue weighted by atomic mass is 10.1. The van der Waals surface area contributed by atoms with Crippen LogP contribution in [0.5, 0.6) is 0 Å². The summed E-state index contributed by atoms with van der Waals surface area (Å²) in [6, 6.07) is 7.97. The quantitative estimate of drug-likeness (QED) is 0.656. The average molecular weight is 275 g/mol. The van der Waals surface area contributed by atoms with E-state index in [0.717, 1.165) is 24.2 Å². The molecule has 1 fully saturated rings. The second-order valence-corrected chi connectivity index (χ2v) is 5.71. The van der Waals surface area contributed by atoms with Gasteiger partial charge in [-0.1, -0.05) is 31.7 Å². The van der Waals surface area contributed by atoms with Gasteiger partial charge in [-0.15, -0.1) is 0 Å². The molecule has 1 aromatic rings. The molecule has 20 heavy (non-hydrogen) atoms. The predicted molar refractivity (Wildman–Crippen MR) is 83.8 cm³/mol. The van der Waals surface area contributed by atoms with Crippen LogP contribution in [0.2, 0.25) is 0 Å². The summed E-state index contributed by atoms with van der Waals surface area (Å²) >= 11 is 0. The first kappa shape index (κ1) is 14.7. The zero-order chi connectivity index (χ0) is 14.4. The van der Waals surface area contributed by atoms with Crippen LogP contribution in [-0.2, 0) is 4.79 Å². The number of nitrogens with two attached hydrogens (primary N) is 1. The van der Waals surface area contributed by atoms with Crippen LogP contribution in [0.25, 0.3) is 0 Å². The average Bonchev–Trinajstić information content (AvgIpc) is 2.67. The summed E-state index contributed by atoms with van der Waals surface area (Å²) in [6.07, 6.45) is 7.30. The van der Waals surface area contributed by atoms with E-state index >= 15 is 0 Å². The Labute approximate surface area is 121 Å². The Balaban J connectivity index is 1.84. The van der Waals surface area contributed by atoms with E-state index in [1.165, 1.54) is 25.7 Å². The molecule has 3 N–H and O–H groups in total. The van der Waals surface area contributed by atoms with E-state index in [1.54, 1.807) is 0 Å². The molecule has 4 nitrogen and oxygen atoms in total. The van der Waals surface area contributed by atoms with E-state index < -0.39 is 0 Å². The molecule has 0 bridgehead atoms. The first-order valence-electron chi connectivity index (χ1n) is 7.51. The monoisotopic (exact) mass is 275 g/mol. The molecule has 2 rings (SSSR count). The van der Waals surface area contributed by atoms with Crippen LogP contribution >= 0.6 is 0 Å². The lowest BCUT2D eigenvalue weighted by molar-refractivity contribution is -0.120. The molecular formula is C16H25N3O. The summed E-state index contributed by atoms with van der Waals surface area (Å²) in [5.41, 5.74) is 7.46. The number of nitrogen functional groups attached to an aromatic ring is 1. The summed E-state index contributed by atoms with van der Waals surface area (Å²) in [4.78, 5) is 14.0. The van der Waals surface area contributed by atoms with Crippen LogP contribution in [-0.4, -0.2) is 25.5 Å². The van der Waals surface area contributed by atoms with Gasteiger partial charge in [-0.05, 0) is 31.0 Å². The van der Waals surface area contributed by atoms with Crippen molar-refractivity contribution < 1.29 is 4.79 Å². The van der Waals surface area contributed by atoms with E-state index in [0.29, 0.717) is 12.6 Å². The smallest absolute Gasteiger partial charge is 0.239 e. The molecule has 0 aliphatic heterocycles. The number of carbonyl (C=O) groups is 1. The topological polar surface area (TPSA) is 58.4 Å². The molecule has 0 saturated heterocycles. The van der Waals surface area contributed by atoms with E-state index in [-0.39, 0.29) is 5.91 Å². The standard InChI is InChI=1S/C16H25N3O/c1-19(15-10-6-7-13(17)11-15)12-16(20)18-14-8-4-2-3-5-9-14/h6-7,10-11,14H,2-5,8-9,12,17H2,1H3,(H,18,20). The van der Waals surface area contributed by atoms with Gasteiger partial charge < -0.3 is 16.0 Å². The van der Waals surface area contributed by atoms with Gasteiger partial charge in [0.25, 0.3) is 0 Å². The Kier molecular flexibility index (Phi) is 5.27. The molecule has 0 spiro atoms. The van der Waals surface area contributed by atoms with E-state index in [2.05, 4.69) is 5.32 Å². The molecule has 0 aromatic heterocycles. The zero-order valence-corrected chi connectivity index (χ0v) is 12.3. The Morgan fingerprint density at radius 3 is 2.65 bits per heavy atom. The fourth-order valence-electron chi connectivity index (χ4n) is 2.77. The summed E-state index contributed by atoms with van der Waals surface area (Å²) < 4.78 is 0. The number of nitrogens with one attached hydrogen (secondary N) is 1. The van der Waals surface area contributed by atoms with E-state index in [1.807, 2.05) is 36.2 Å². The van der Waals surface area contributed by atoms with Crippen molar-refractivity contribution in [2.45, 2.75) is 44.6 Å². The molecule has 0 radical (unpaired) electrons. The number of likely N-dealkylation sites (N-methyl/N-ethyl adjacent to an activating group) is 1. The number of rotatable bonds is 4. The molecule has 1 aromatic carbocycles. The first-order valence-corrected chi connectivity index (χ1v) is 7.51. The maximum Gasteiger partial charge on any atom is 0.239 e. The minimum absolute atomic E-state index is 0.0989. The highest BCUT2D eigenvalue weighted by molar-refractivity contribution is 5.81. The molecule has 1 aliphatic rings. The minimum atomic E-state index is 0.0989. The number of nitrogens with zero attached hydrogens (tertiary/aromatic N) is 1. The largest absolute Gasteiger partial charge is 0.399 e. The summed E-state index contributed by atoms with van der Waals surface area (Å²) in [5.74, 6) is 0.0989. The van der Waals surface area contributed by atoms with E-state index in [4.69, 9.17) is 5.73 Å². The van der Waals surface area contributed by atoms with Gasteiger partial charge in [-0.2, -0.15) is 0 Å². The third kappa shape index (κ3) is 4.44. The van der Waals surface area contributed by atoms with Gasteiger partial charge >= 0.3 is 0 Å². The van der Waals surface area contributed by atoms with Crippen LogP contribution in [0.15, 0.2) is 24.3 Å². The molecular weight excluding hydrogens is 250 g/mol. The van der Waals surface area contributed by atoms with Gasteiger partial charge in [0, 0.05) is 24.5 Å². The molecule has 110 valence electrons. The van der Waals surface area contributed by atoms with Gasteiger partial charge in [-0.25, -0.2) is 0 Å². The lowest BCUT2D eigenvalue weighted by Gasteiger charge is -2.22. The van der Waals surface area contributed by atoms with Gasteiger partial charge in [0.15, 0.2) is 0 Å². The van der Waals surface area contributed by atoms with Crippen LogP contribution in [0.1, 0.15) is 38.5 Å². The predicted octanol–water partition coefficient (Wildman–Crippen LogP) is 2.54. The molecule has 1 aliphatic carbocycles. The Bertz CT molecular complexity index is 439. The number of amides is 1. The maximum atomic E-state index is 12.1. The number of anilines is 2. The number of benzene rings is 1. The molecule has 1 saturated carbocycles. The van der Waals surface area contributed by atoms with Crippen molar-refractivity contribution >= 4 is 17.3 Å². The second kappa shape index (κ2) is 7.17. The van der Waals surface area contributed by atoms with Crippen molar-refractivity contribution in [3.8, 4) is 0 Å². The van der Waals surface area contributed by atoms with Crippen LogP contribution in [0, 0.1) is 0 Å². The zero-order valence-electron chi connectivity index (χ0n) is 12.3. The third-order valence-electron chi connectivity index (χ3n) is 3.91. The van der Waals surface area contributed by atoms with Crippen LogP contribution < -0.4 is 16.0 Å². The van der Waals surface area contributed by atoms with Crippen LogP contribution in [0.3, 0.4) is 0 Å². The van der Waals surface area contributed by atoms with Gasteiger partial charge in [0.05, 0.1) is 6.54 Å². The van der Waals surface area contributed by atoms with Gasteiger partial charge in [0.2, 0.25) is 5.91 Å². The van der Waals surface area contributed by atoms with Crippen molar-refractivity contribution in [3.63, 3.8) is 0 Å². The molecule has 0 unspecified atom stereocenters. The van der Waals surface area contributed by atoms with Crippen molar-refractivity contribution in [2.75, 3.05) is 24.2 Å². The fraction of sp³-hybridized carbons (Fsp3) is 0.562. The summed E-state index contributed by atoms with van der Waals surface area (Å²) in [6.45, 7) is 0.375. The molecule has 1 amide bonds. The summed E-state index contributed by atoms with van der Waals surface area (Å²) in [7, 11) is 1.92. The molecule has 4 heteroatoms. The van der Waals surface area contributed by atoms with Crippen LogP contribution in [0.4, 0.5) is 11.4 Å². The first-order chi connectivity index (χ1) is 9.65. The Hall–Kier alpha value is -1.71.